The molecule has 0 N–H and O–H groups in total. The Labute approximate surface area is 127 Å². The summed E-state index contributed by atoms with van der Waals surface area (Å²) in [4.78, 5) is 28.6. The molecule has 1 aromatic heterocycles. The van der Waals surface area contributed by atoms with E-state index in [0.29, 0.717) is 24.1 Å². The molecule has 3 aliphatic rings. The van der Waals surface area contributed by atoms with Crippen LogP contribution in [0.3, 0.4) is 0 Å². The molecule has 2 saturated carbocycles. The fourth-order valence-corrected chi connectivity index (χ4v) is 4.30. The van der Waals surface area contributed by atoms with Gasteiger partial charge in [-0.25, -0.2) is 0 Å². The highest BCUT2D eigenvalue weighted by atomic mass is 32.2. The number of amides is 2. The molecule has 1 unspecified atom stereocenters. The molecule has 4 rings (SSSR count). The van der Waals surface area contributed by atoms with E-state index in [0.717, 1.165) is 18.6 Å². The van der Waals surface area contributed by atoms with Crippen LogP contribution in [0, 0.1) is 11.3 Å². The van der Waals surface area contributed by atoms with E-state index in [4.69, 9.17) is 4.42 Å². The lowest BCUT2D eigenvalue weighted by Crippen LogP contribution is -2.48. The van der Waals surface area contributed by atoms with Crippen LogP contribution >= 0.6 is 11.8 Å². The predicted molar refractivity (Wildman–Crippen MR) is 78.3 cm³/mol. The summed E-state index contributed by atoms with van der Waals surface area (Å²) in [6.45, 7) is 0.447. The first kappa shape index (κ1) is 13.2. The van der Waals surface area contributed by atoms with Crippen molar-refractivity contribution in [2.75, 3.05) is 18.7 Å². The average molecular weight is 306 g/mol. The van der Waals surface area contributed by atoms with Crippen molar-refractivity contribution in [3.63, 3.8) is 0 Å². The highest BCUT2D eigenvalue weighted by Crippen LogP contribution is 2.76. The topological polar surface area (TPSA) is 53.8 Å². The Balaban J connectivity index is 1.44. The van der Waals surface area contributed by atoms with Crippen LogP contribution in [0.1, 0.15) is 18.6 Å². The summed E-state index contributed by atoms with van der Waals surface area (Å²) in [7, 11) is 1.77. The van der Waals surface area contributed by atoms with Gasteiger partial charge in [-0.15, -0.1) is 11.8 Å². The zero-order chi connectivity index (χ0) is 14.6. The molecule has 1 atom stereocenters. The summed E-state index contributed by atoms with van der Waals surface area (Å²) >= 11 is 1.67. The number of nitrogens with zero attached hydrogens (tertiary/aromatic N) is 2. The molecule has 1 aromatic rings. The SMILES string of the molecule is CN(Cc1ccco1)C(=O)C1CSCN1C(=O)C12CC1C2. The Bertz CT molecular complexity index is 580. The fourth-order valence-electron chi connectivity index (χ4n) is 3.15. The van der Waals surface area contributed by atoms with E-state index in [-0.39, 0.29) is 23.3 Å². The van der Waals surface area contributed by atoms with Gasteiger partial charge in [0.1, 0.15) is 11.8 Å². The van der Waals surface area contributed by atoms with Crippen LogP contribution in [0.5, 0.6) is 0 Å². The largest absolute Gasteiger partial charge is 0.467 e. The number of carbonyl (C=O) groups excluding carboxylic acids is 2. The number of likely N-dealkylation sites (N-methyl/N-ethyl adjacent to an activating group) is 1. The second-order valence-electron chi connectivity index (χ2n) is 6.33. The highest BCUT2D eigenvalue weighted by Gasteiger charge is 2.75. The van der Waals surface area contributed by atoms with Gasteiger partial charge >= 0.3 is 0 Å². The van der Waals surface area contributed by atoms with Crippen molar-refractivity contribution in [1.82, 2.24) is 9.80 Å². The standard InChI is InChI=1S/C15H18N2O3S/c1-16(7-11-3-2-4-20-11)13(18)12-8-21-9-17(12)14(19)15-5-10(15)6-15/h2-4,10,12H,5-9H2,1H3. The molecule has 0 aromatic carbocycles. The van der Waals surface area contributed by atoms with Gasteiger partial charge in [0, 0.05) is 12.8 Å². The van der Waals surface area contributed by atoms with Crippen LogP contribution in [-0.4, -0.2) is 46.3 Å². The van der Waals surface area contributed by atoms with Crippen molar-refractivity contribution >= 4 is 23.6 Å². The number of rotatable bonds is 4. The molecule has 2 aliphatic carbocycles. The second kappa shape index (κ2) is 4.53. The number of carbonyl (C=O) groups is 2. The van der Waals surface area contributed by atoms with Gasteiger partial charge in [-0.2, -0.15) is 0 Å². The van der Waals surface area contributed by atoms with Crippen molar-refractivity contribution in [1.29, 1.82) is 0 Å². The second-order valence-corrected chi connectivity index (χ2v) is 7.33. The molecular weight excluding hydrogens is 288 g/mol. The molecule has 21 heavy (non-hydrogen) atoms. The molecule has 1 aliphatic heterocycles. The van der Waals surface area contributed by atoms with E-state index < -0.39 is 0 Å². The minimum atomic E-state index is -0.307. The van der Waals surface area contributed by atoms with Gasteiger partial charge in [-0.1, -0.05) is 0 Å². The van der Waals surface area contributed by atoms with Gasteiger partial charge in [0.2, 0.25) is 11.8 Å². The van der Waals surface area contributed by atoms with Crippen LogP contribution in [0.15, 0.2) is 22.8 Å². The third-order valence-electron chi connectivity index (χ3n) is 4.89. The van der Waals surface area contributed by atoms with E-state index in [9.17, 15) is 9.59 Å². The first-order valence-corrected chi connectivity index (χ1v) is 8.43. The quantitative estimate of drug-likeness (QED) is 0.847. The zero-order valence-corrected chi connectivity index (χ0v) is 12.8. The molecule has 0 bridgehead atoms. The maximum atomic E-state index is 12.6. The summed E-state index contributed by atoms with van der Waals surface area (Å²) in [5, 5.41) is 0. The summed E-state index contributed by atoms with van der Waals surface area (Å²) < 4.78 is 5.28. The number of fused-ring (bicyclic) bond motifs is 1. The van der Waals surface area contributed by atoms with Crippen molar-refractivity contribution < 1.29 is 14.0 Å². The van der Waals surface area contributed by atoms with E-state index in [1.807, 2.05) is 12.1 Å². The van der Waals surface area contributed by atoms with Crippen LogP contribution in [0.25, 0.3) is 0 Å². The number of furan rings is 1. The minimum absolute atomic E-state index is 0.0130. The molecule has 0 radical (unpaired) electrons. The van der Waals surface area contributed by atoms with Gasteiger partial charge in [0.05, 0.1) is 24.1 Å². The Morgan fingerprint density at radius 1 is 1.52 bits per heavy atom. The summed E-state index contributed by atoms with van der Waals surface area (Å²) in [5.74, 6) is 2.96. The summed E-state index contributed by atoms with van der Waals surface area (Å²) in [6.07, 6.45) is 3.68. The van der Waals surface area contributed by atoms with Crippen molar-refractivity contribution in [3.05, 3.63) is 24.2 Å². The summed E-state index contributed by atoms with van der Waals surface area (Å²) in [6, 6.07) is 3.36. The van der Waals surface area contributed by atoms with Crippen molar-refractivity contribution in [2.45, 2.75) is 25.4 Å². The maximum absolute atomic E-state index is 12.6. The molecule has 0 spiro atoms. The number of hydrogen-bond acceptors (Lipinski definition) is 4. The van der Waals surface area contributed by atoms with E-state index in [2.05, 4.69) is 0 Å². The van der Waals surface area contributed by atoms with Crippen LogP contribution in [-0.2, 0) is 16.1 Å². The van der Waals surface area contributed by atoms with Crippen LogP contribution in [0.2, 0.25) is 0 Å². The molecule has 2 heterocycles. The predicted octanol–water partition coefficient (Wildman–Crippen LogP) is 1.55. The fraction of sp³-hybridized carbons (Fsp3) is 0.600. The molecule has 2 amide bonds. The van der Waals surface area contributed by atoms with E-state index >= 15 is 0 Å². The zero-order valence-electron chi connectivity index (χ0n) is 11.9. The van der Waals surface area contributed by atoms with Gasteiger partial charge in [-0.05, 0) is 30.9 Å². The van der Waals surface area contributed by atoms with E-state index in [1.54, 1.807) is 34.9 Å². The van der Waals surface area contributed by atoms with Gasteiger partial charge in [0.25, 0.3) is 0 Å². The molecular formula is C15H18N2O3S. The normalized spacial score (nSPS) is 32.7. The van der Waals surface area contributed by atoms with Crippen LogP contribution < -0.4 is 0 Å². The molecule has 3 fully saturated rings. The van der Waals surface area contributed by atoms with Crippen molar-refractivity contribution in [2.24, 2.45) is 11.3 Å². The molecule has 5 nitrogen and oxygen atoms in total. The van der Waals surface area contributed by atoms with Gasteiger partial charge < -0.3 is 14.2 Å². The number of thioether (sulfide) groups is 1. The first-order valence-electron chi connectivity index (χ1n) is 7.28. The lowest BCUT2D eigenvalue weighted by Gasteiger charge is -2.28. The Morgan fingerprint density at radius 3 is 2.90 bits per heavy atom. The maximum Gasteiger partial charge on any atom is 0.246 e. The first-order chi connectivity index (χ1) is 10.1. The Hall–Kier alpha value is -1.43. The van der Waals surface area contributed by atoms with Crippen molar-refractivity contribution in [3.8, 4) is 0 Å². The lowest BCUT2D eigenvalue weighted by atomic mass is 10.1. The van der Waals surface area contributed by atoms with Gasteiger partial charge in [-0.3, -0.25) is 9.59 Å². The molecule has 1 saturated heterocycles. The third-order valence-corrected chi connectivity index (χ3v) is 5.90. The molecule has 6 heteroatoms. The molecule has 112 valence electrons. The minimum Gasteiger partial charge on any atom is -0.467 e. The third kappa shape index (κ3) is 2.08. The summed E-state index contributed by atoms with van der Waals surface area (Å²) in [5.41, 5.74) is -0.0526. The average Bonchev–Trinajstić information content (AvgIpc) is 3.12. The smallest absolute Gasteiger partial charge is 0.246 e. The monoisotopic (exact) mass is 306 g/mol. The van der Waals surface area contributed by atoms with E-state index in [1.165, 1.54) is 0 Å². The number of hydrogen-bond donors (Lipinski definition) is 0. The Kier molecular flexibility index (Phi) is 2.86. The lowest BCUT2D eigenvalue weighted by molar-refractivity contribution is -0.144. The van der Waals surface area contributed by atoms with Crippen LogP contribution in [0.4, 0.5) is 0 Å². The highest BCUT2D eigenvalue weighted by molar-refractivity contribution is 7.99. The van der Waals surface area contributed by atoms with Gasteiger partial charge in [0.15, 0.2) is 0 Å². The Morgan fingerprint density at radius 2 is 2.29 bits per heavy atom.